The second kappa shape index (κ2) is 3.57. The van der Waals surface area contributed by atoms with Gasteiger partial charge in [-0.2, -0.15) is 0 Å². The van der Waals surface area contributed by atoms with Crippen molar-refractivity contribution in [1.82, 2.24) is 10.2 Å². The second-order valence-electron chi connectivity index (χ2n) is 4.06. The Morgan fingerprint density at radius 1 is 1.64 bits per heavy atom. The van der Waals surface area contributed by atoms with Crippen LogP contribution in [0.25, 0.3) is 0 Å². The molecule has 2 N–H and O–H groups in total. The molecule has 5 heteroatoms. The quantitative estimate of drug-likeness (QED) is 0.640. The van der Waals surface area contributed by atoms with Gasteiger partial charge in [0.1, 0.15) is 6.04 Å². The van der Waals surface area contributed by atoms with Gasteiger partial charge in [0, 0.05) is 13.1 Å². The Hall–Kier alpha value is -1.10. The molecule has 1 heterocycles. The van der Waals surface area contributed by atoms with E-state index in [0.29, 0.717) is 13.1 Å². The average molecular weight is 200 g/mol. The molecule has 1 saturated heterocycles. The molecule has 0 spiro atoms. The number of rotatable bonds is 2. The van der Waals surface area contributed by atoms with E-state index >= 15 is 0 Å². The van der Waals surface area contributed by atoms with Crippen LogP contribution in [0.4, 0.5) is 0 Å². The zero-order valence-electron chi connectivity index (χ0n) is 8.70. The highest BCUT2D eigenvalue weighted by Crippen LogP contribution is 2.14. The number of carboxylic acids is 1. The first-order valence-corrected chi connectivity index (χ1v) is 4.65. The number of nitrogens with zero attached hydrogens (tertiary/aromatic N) is 1. The Balaban J connectivity index is 2.80. The zero-order valence-corrected chi connectivity index (χ0v) is 8.70. The molecule has 1 atom stereocenters. The van der Waals surface area contributed by atoms with E-state index in [2.05, 4.69) is 5.32 Å². The number of piperazine rings is 1. The summed E-state index contributed by atoms with van der Waals surface area (Å²) in [7, 11) is 0. The van der Waals surface area contributed by atoms with Gasteiger partial charge in [-0.25, -0.2) is 4.79 Å². The smallest absolute Gasteiger partial charge is 0.326 e. The Morgan fingerprint density at radius 2 is 2.21 bits per heavy atom. The van der Waals surface area contributed by atoms with Crippen LogP contribution in [0.2, 0.25) is 0 Å². The molecule has 1 rings (SSSR count). The summed E-state index contributed by atoms with van der Waals surface area (Å²) < 4.78 is 0. The highest BCUT2D eigenvalue weighted by molar-refractivity contribution is 5.90. The lowest BCUT2D eigenvalue weighted by atomic mass is 9.99. The first kappa shape index (κ1) is 11.0. The van der Waals surface area contributed by atoms with Gasteiger partial charge in [-0.1, -0.05) is 0 Å². The van der Waals surface area contributed by atoms with Crippen molar-refractivity contribution in [3.63, 3.8) is 0 Å². The van der Waals surface area contributed by atoms with Crippen molar-refractivity contribution in [2.45, 2.75) is 32.4 Å². The van der Waals surface area contributed by atoms with Crippen LogP contribution >= 0.6 is 0 Å². The first-order chi connectivity index (χ1) is 6.36. The van der Waals surface area contributed by atoms with Crippen LogP contribution in [0.5, 0.6) is 0 Å². The van der Waals surface area contributed by atoms with Gasteiger partial charge >= 0.3 is 5.97 Å². The molecule has 0 radical (unpaired) electrons. The minimum atomic E-state index is -0.962. The lowest BCUT2D eigenvalue weighted by molar-refractivity contribution is -0.153. The van der Waals surface area contributed by atoms with Gasteiger partial charge in [-0.3, -0.25) is 4.79 Å². The summed E-state index contributed by atoms with van der Waals surface area (Å²) in [5, 5.41) is 11.9. The second-order valence-corrected chi connectivity index (χ2v) is 4.06. The number of carbonyl (C=O) groups is 2. The molecule has 14 heavy (non-hydrogen) atoms. The normalized spacial score (nSPS) is 23.4. The maximum Gasteiger partial charge on any atom is 0.326 e. The lowest BCUT2D eigenvalue weighted by Crippen LogP contribution is -2.64. The molecule has 0 saturated carbocycles. The van der Waals surface area contributed by atoms with Gasteiger partial charge < -0.3 is 15.3 Å². The SMILES string of the molecule is CC(C(=O)O)N1CCNC(C)(C)C1=O. The molecule has 1 amide bonds. The minimum Gasteiger partial charge on any atom is -0.480 e. The van der Waals surface area contributed by atoms with E-state index in [0.717, 1.165) is 0 Å². The van der Waals surface area contributed by atoms with E-state index in [1.807, 2.05) is 0 Å². The first-order valence-electron chi connectivity index (χ1n) is 4.65. The Kier molecular flexibility index (Phi) is 2.80. The summed E-state index contributed by atoms with van der Waals surface area (Å²) in [4.78, 5) is 23.9. The predicted octanol–water partition coefficient (Wildman–Crippen LogP) is -0.330. The molecule has 1 fully saturated rings. The summed E-state index contributed by atoms with van der Waals surface area (Å²) in [6, 6.07) is -0.746. The van der Waals surface area contributed by atoms with Crippen LogP contribution in [0.1, 0.15) is 20.8 Å². The van der Waals surface area contributed by atoms with Crippen molar-refractivity contribution < 1.29 is 14.7 Å². The molecular weight excluding hydrogens is 184 g/mol. The zero-order chi connectivity index (χ0) is 10.9. The molecule has 1 aliphatic heterocycles. The molecule has 0 aromatic rings. The molecule has 1 aliphatic rings. The largest absolute Gasteiger partial charge is 0.480 e. The van der Waals surface area contributed by atoms with E-state index < -0.39 is 17.6 Å². The van der Waals surface area contributed by atoms with E-state index in [1.54, 1.807) is 13.8 Å². The van der Waals surface area contributed by atoms with Crippen LogP contribution in [-0.4, -0.2) is 46.6 Å². The summed E-state index contributed by atoms with van der Waals surface area (Å²) >= 11 is 0. The third-order valence-corrected chi connectivity index (χ3v) is 2.54. The maximum atomic E-state index is 11.8. The topological polar surface area (TPSA) is 69.6 Å². The Labute approximate surface area is 83.1 Å². The van der Waals surface area contributed by atoms with E-state index in [1.165, 1.54) is 11.8 Å². The number of carboxylic acid groups (broad SMARTS) is 1. The van der Waals surface area contributed by atoms with Crippen molar-refractivity contribution in [3.05, 3.63) is 0 Å². The summed E-state index contributed by atoms with van der Waals surface area (Å²) in [6.07, 6.45) is 0. The molecular formula is C9H16N2O3. The Morgan fingerprint density at radius 3 is 2.71 bits per heavy atom. The van der Waals surface area contributed by atoms with Crippen molar-refractivity contribution >= 4 is 11.9 Å². The maximum absolute atomic E-state index is 11.8. The highest BCUT2D eigenvalue weighted by Gasteiger charge is 2.38. The monoisotopic (exact) mass is 200 g/mol. The van der Waals surface area contributed by atoms with Crippen molar-refractivity contribution in [2.24, 2.45) is 0 Å². The van der Waals surface area contributed by atoms with Crippen molar-refractivity contribution in [1.29, 1.82) is 0 Å². The van der Waals surface area contributed by atoms with Gasteiger partial charge in [0.25, 0.3) is 0 Å². The van der Waals surface area contributed by atoms with Gasteiger partial charge in [-0.05, 0) is 20.8 Å². The minimum absolute atomic E-state index is 0.154. The van der Waals surface area contributed by atoms with Crippen LogP contribution in [0.15, 0.2) is 0 Å². The third-order valence-electron chi connectivity index (χ3n) is 2.54. The summed E-state index contributed by atoms with van der Waals surface area (Å²) in [5.74, 6) is -1.12. The van der Waals surface area contributed by atoms with Gasteiger partial charge in [0.05, 0.1) is 5.54 Å². The molecule has 0 bridgehead atoms. The molecule has 5 nitrogen and oxygen atoms in total. The lowest BCUT2D eigenvalue weighted by Gasteiger charge is -2.39. The van der Waals surface area contributed by atoms with Crippen molar-refractivity contribution in [3.8, 4) is 0 Å². The number of amides is 1. The average Bonchev–Trinajstić information content (AvgIpc) is 2.08. The van der Waals surface area contributed by atoms with Crippen molar-refractivity contribution in [2.75, 3.05) is 13.1 Å². The van der Waals surface area contributed by atoms with Gasteiger partial charge in [-0.15, -0.1) is 0 Å². The predicted molar refractivity (Wildman–Crippen MR) is 50.9 cm³/mol. The molecule has 0 aromatic carbocycles. The van der Waals surface area contributed by atoms with E-state index in [4.69, 9.17) is 5.11 Å². The Bertz CT molecular complexity index is 263. The van der Waals surface area contributed by atoms with Crippen LogP contribution in [0.3, 0.4) is 0 Å². The van der Waals surface area contributed by atoms with Crippen LogP contribution in [-0.2, 0) is 9.59 Å². The van der Waals surface area contributed by atoms with Crippen LogP contribution in [0, 0.1) is 0 Å². The standard InChI is InChI=1S/C9H16N2O3/c1-6(7(12)13)11-5-4-10-9(2,3)8(11)14/h6,10H,4-5H2,1-3H3,(H,12,13). The number of hydrogen-bond donors (Lipinski definition) is 2. The van der Waals surface area contributed by atoms with Gasteiger partial charge in [0.15, 0.2) is 0 Å². The fraction of sp³-hybridized carbons (Fsp3) is 0.778. The van der Waals surface area contributed by atoms with Crippen LogP contribution < -0.4 is 5.32 Å². The molecule has 0 aliphatic carbocycles. The summed E-state index contributed by atoms with van der Waals surface area (Å²) in [5.41, 5.74) is -0.651. The highest BCUT2D eigenvalue weighted by atomic mass is 16.4. The summed E-state index contributed by atoms with van der Waals surface area (Å²) in [6.45, 7) is 6.14. The fourth-order valence-corrected chi connectivity index (χ4v) is 1.53. The van der Waals surface area contributed by atoms with Gasteiger partial charge in [0.2, 0.25) is 5.91 Å². The molecule has 1 unspecified atom stereocenters. The third kappa shape index (κ3) is 1.87. The fourth-order valence-electron chi connectivity index (χ4n) is 1.53. The molecule has 80 valence electrons. The number of carbonyl (C=O) groups excluding carboxylic acids is 1. The number of aliphatic carboxylic acids is 1. The van der Waals surface area contributed by atoms with E-state index in [-0.39, 0.29) is 5.91 Å². The number of hydrogen-bond acceptors (Lipinski definition) is 3. The number of nitrogens with one attached hydrogen (secondary N) is 1. The molecule has 0 aromatic heterocycles. The van der Waals surface area contributed by atoms with E-state index in [9.17, 15) is 9.59 Å².